The van der Waals surface area contributed by atoms with Crippen LogP contribution >= 0.6 is 11.3 Å². The van der Waals surface area contributed by atoms with Crippen LogP contribution < -0.4 is 11.3 Å². The standard InChI is InChI=1S/C12H20N4S/c1-16(9-11-7-4-8-17-11)12(15-13)14-10-5-2-3-6-10/h4,7-8,10H,2-3,5-6,9,13H2,1H3,(H,14,15). The molecule has 17 heavy (non-hydrogen) atoms. The van der Waals surface area contributed by atoms with Gasteiger partial charge in [0.25, 0.3) is 0 Å². The van der Waals surface area contributed by atoms with E-state index in [-0.39, 0.29) is 0 Å². The molecular weight excluding hydrogens is 232 g/mol. The van der Waals surface area contributed by atoms with Gasteiger partial charge in [0, 0.05) is 11.9 Å². The third kappa shape index (κ3) is 3.44. The monoisotopic (exact) mass is 252 g/mol. The quantitative estimate of drug-likeness (QED) is 0.374. The van der Waals surface area contributed by atoms with Crippen molar-refractivity contribution in [2.75, 3.05) is 7.05 Å². The first kappa shape index (κ1) is 12.4. The van der Waals surface area contributed by atoms with Gasteiger partial charge in [0.2, 0.25) is 5.96 Å². The largest absolute Gasteiger partial charge is 0.340 e. The molecule has 0 amide bonds. The van der Waals surface area contributed by atoms with Crippen LogP contribution in [0.3, 0.4) is 0 Å². The zero-order valence-corrected chi connectivity index (χ0v) is 11.0. The minimum absolute atomic E-state index is 0.451. The molecule has 0 radical (unpaired) electrons. The van der Waals surface area contributed by atoms with E-state index in [2.05, 4.69) is 32.8 Å². The highest BCUT2D eigenvalue weighted by atomic mass is 32.1. The molecule has 0 aromatic carbocycles. The second-order valence-corrected chi connectivity index (χ2v) is 5.50. The molecule has 1 aromatic heterocycles. The molecule has 1 fully saturated rings. The molecule has 1 heterocycles. The Morgan fingerprint density at radius 1 is 1.59 bits per heavy atom. The fraction of sp³-hybridized carbons (Fsp3) is 0.583. The SMILES string of the molecule is CN(Cc1cccs1)C(=NC1CCCC1)NN. The van der Waals surface area contributed by atoms with Gasteiger partial charge in [-0.3, -0.25) is 5.43 Å². The lowest BCUT2D eigenvalue weighted by molar-refractivity contribution is 0.475. The van der Waals surface area contributed by atoms with Crippen LogP contribution in [0.5, 0.6) is 0 Å². The Morgan fingerprint density at radius 3 is 2.94 bits per heavy atom. The van der Waals surface area contributed by atoms with Gasteiger partial charge < -0.3 is 4.90 Å². The summed E-state index contributed by atoms with van der Waals surface area (Å²) in [5.74, 6) is 6.36. The van der Waals surface area contributed by atoms with Crippen LogP contribution in [0.15, 0.2) is 22.5 Å². The molecule has 1 aromatic rings. The van der Waals surface area contributed by atoms with Crippen LogP contribution in [-0.2, 0) is 6.54 Å². The first-order valence-electron chi connectivity index (χ1n) is 6.07. The Bertz CT molecular complexity index is 355. The van der Waals surface area contributed by atoms with Crippen molar-refractivity contribution in [2.24, 2.45) is 10.8 Å². The van der Waals surface area contributed by atoms with Gasteiger partial charge in [0.15, 0.2) is 0 Å². The van der Waals surface area contributed by atoms with Crippen molar-refractivity contribution in [1.82, 2.24) is 10.3 Å². The van der Waals surface area contributed by atoms with Crippen molar-refractivity contribution in [3.05, 3.63) is 22.4 Å². The van der Waals surface area contributed by atoms with Crippen molar-refractivity contribution >= 4 is 17.3 Å². The zero-order chi connectivity index (χ0) is 12.1. The molecule has 1 saturated carbocycles. The van der Waals surface area contributed by atoms with Crippen LogP contribution in [0.1, 0.15) is 30.6 Å². The first-order chi connectivity index (χ1) is 8.29. The normalized spacial score (nSPS) is 17.4. The van der Waals surface area contributed by atoms with E-state index < -0.39 is 0 Å². The van der Waals surface area contributed by atoms with Gasteiger partial charge >= 0.3 is 0 Å². The number of nitrogens with two attached hydrogens (primary N) is 1. The van der Waals surface area contributed by atoms with Crippen LogP contribution in [0.4, 0.5) is 0 Å². The zero-order valence-electron chi connectivity index (χ0n) is 10.2. The van der Waals surface area contributed by atoms with Gasteiger partial charge in [-0.25, -0.2) is 10.8 Å². The molecule has 0 saturated heterocycles. The number of nitrogens with one attached hydrogen (secondary N) is 1. The van der Waals surface area contributed by atoms with Crippen molar-refractivity contribution in [3.8, 4) is 0 Å². The predicted octanol–water partition coefficient (Wildman–Crippen LogP) is 1.94. The maximum atomic E-state index is 5.56. The summed E-state index contributed by atoms with van der Waals surface area (Å²) in [5, 5.41) is 2.09. The smallest absolute Gasteiger partial charge is 0.208 e. The third-order valence-electron chi connectivity index (χ3n) is 3.09. The highest BCUT2D eigenvalue weighted by molar-refractivity contribution is 7.09. The molecule has 2 rings (SSSR count). The van der Waals surface area contributed by atoms with E-state index in [0.717, 1.165) is 12.5 Å². The van der Waals surface area contributed by atoms with Gasteiger partial charge in [-0.1, -0.05) is 18.9 Å². The fourth-order valence-electron chi connectivity index (χ4n) is 2.16. The Labute approximate surface area is 107 Å². The van der Waals surface area contributed by atoms with Gasteiger partial charge in [0.05, 0.1) is 12.6 Å². The topological polar surface area (TPSA) is 53.6 Å². The molecule has 5 heteroatoms. The molecule has 0 spiro atoms. The van der Waals surface area contributed by atoms with Crippen molar-refractivity contribution in [1.29, 1.82) is 0 Å². The predicted molar refractivity (Wildman–Crippen MR) is 72.8 cm³/mol. The number of nitrogens with zero attached hydrogens (tertiary/aromatic N) is 2. The van der Waals surface area contributed by atoms with Gasteiger partial charge in [0.1, 0.15) is 0 Å². The number of aliphatic imine (C=N–C) groups is 1. The van der Waals surface area contributed by atoms with Crippen molar-refractivity contribution in [3.63, 3.8) is 0 Å². The average molecular weight is 252 g/mol. The van der Waals surface area contributed by atoms with Crippen molar-refractivity contribution < 1.29 is 0 Å². The summed E-state index contributed by atoms with van der Waals surface area (Å²) >= 11 is 1.76. The molecule has 4 nitrogen and oxygen atoms in total. The lowest BCUT2D eigenvalue weighted by Crippen LogP contribution is -2.43. The summed E-state index contributed by atoms with van der Waals surface area (Å²) in [6.07, 6.45) is 4.97. The van der Waals surface area contributed by atoms with E-state index in [1.54, 1.807) is 11.3 Å². The lowest BCUT2D eigenvalue weighted by atomic mass is 10.3. The highest BCUT2D eigenvalue weighted by Crippen LogP contribution is 2.21. The Kier molecular flexibility index (Phi) is 4.39. The number of hydrazine groups is 1. The van der Waals surface area contributed by atoms with Crippen LogP contribution in [-0.4, -0.2) is 23.9 Å². The summed E-state index contributed by atoms with van der Waals surface area (Å²) in [6.45, 7) is 0.855. The second-order valence-electron chi connectivity index (χ2n) is 4.47. The number of rotatable bonds is 3. The summed E-state index contributed by atoms with van der Waals surface area (Å²) in [5.41, 5.74) is 2.72. The maximum Gasteiger partial charge on any atom is 0.208 e. The van der Waals surface area contributed by atoms with E-state index >= 15 is 0 Å². The average Bonchev–Trinajstić information content (AvgIpc) is 2.97. The molecule has 0 aliphatic heterocycles. The van der Waals surface area contributed by atoms with Crippen molar-refractivity contribution in [2.45, 2.75) is 38.3 Å². The number of guanidine groups is 1. The van der Waals surface area contributed by atoms with Crippen LogP contribution in [0, 0.1) is 0 Å². The van der Waals surface area contributed by atoms with Gasteiger partial charge in [-0.2, -0.15) is 0 Å². The van der Waals surface area contributed by atoms with Gasteiger partial charge in [-0.15, -0.1) is 11.3 Å². The van der Waals surface area contributed by atoms with E-state index in [4.69, 9.17) is 5.84 Å². The van der Waals surface area contributed by atoms with Gasteiger partial charge in [-0.05, 0) is 24.3 Å². The summed E-state index contributed by atoms with van der Waals surface area (Å²) in [4.78, 5) is 8.08. The summed E-state index contributed by atoms with van der Waals surface area (Å²) < 4.78 is 0. The lowest BCUT2D eigenvalue weighted by Gasteiger charge is -2.21. The van der Waals surface area contributed by atoms with E-state index in [9.17, 15) is 0 Å². The Morgan fingerprint density at radius 2 is 2.35 bits per heavy atom. The number of hydrogen-bond donors (Lipinski definition) is 2. The third-order valence-corrected chi connectivity index (χ3v) is 3.95. The Hall–Kier alpha value is -1.07. The highest BCUT2D eigenvalue weighted by Gasteiger charge is 2.16. The van der Waals surface area contributed by atoms with E-state index in [0.29, 0.717) is 6.04 Å². The second kappa shape index (κ2) is 6.02. The molecule has 0 bridgehead atoms. The van der Waals surface area contributed by atoms with Crippen LogP contribution in [0.25, 0.3) is 0 Å². The fourth-order valence-corrected chi connectivity index (χ4v) is 2.92. The molecule has 0 atom stereocenters. The molecule has 1 aliphatic rings. The number of hydrogen-bond acceptors (Lipinski definition) is 3. The minimum Gasteiger partial charge on any atom is -0.340 e. The summed E-state index contributed by atoms with van der Waals surface area (Å²) in [6, 6.07) is 4.65. The minimum atomic E-state index is 0.451. The number of thiophene rings is 1. The maximum absolute atomic E-state index is 5.56. The first-order valence-corrected chi connectivity index (χ1v) is 6.95. The molecule has 3 N–H and O–H groups in total. The van der Waals surface area contributed by atoms with E-state index in [1.165, 1.54) is 30.6 Å². The molecular formula is C12H20N4S. The Balaban J connectivity index is 1.96. The van der Waals surface area contributed by atoms with E-state index in [1.807, 2.05) is 7.05 Å². The van der Waals surface area contributed by atoms with Crippen LogP contribution in [0.2, 0.25) is 0 Å². The molecule has 0 unspecified atom stereocenters. The molecule has 1 aliphatic carbocycles. The molecule has 94 valence electrons. The summed E-state index contributed by atoms with van der Waals surface area (Å²) in [7, 11) is 2.02.